The van der Waals surface area contributed by atoms with Gasteiger partial charge < -0.3 is 5.73 Å². The van der Waals surface area contributed by atoms with Crippen molar-refractivity contribution in [2.75, 3.05) is 0 Å². The summed E-state index contributed by atoms with van der Waals surface area (Å²) in [6, 6.07) is 4.46. The van der Waals surface area contributed by atoms with Gasteiger partial charge in [-0.15, -0.1) is 0 Å². The van der Waals surface area contributed by atoms with E-state index < -0.39 is 11.6 Å². The normalized spacial score (nSPS) is 31.3. The predicted molar refractivity (Wildman–Crippen MR) is 50.9 cm³/mol. The molecule has 0 aliphatic heterocycles. The minimum absolute atomic E-state index is 0.0840. The first kappa shape index (κ1) is 9.59. The molecule has 3 heteroatoms. The number of benzene rings is 1. The van der Waals surface area contributed by atoms with E-state index in [1.165, 1.54) is 0 Å². The second kappa shape index (κ2) is 3.31. The Hall–Kier alpha value is -0.960. The minimum atomic E-state index is -0.768. The lowest BCUT2D eigenvalue weighted by Crippen LogP contribution is -2.44. The highest BCUT2D eigenvalue weighted by molar-refractivity contribution is 5.26. The molecule has 3 atom stereocenters. The van der Waals surface area contributed by atoms with Crippen LogP contribution in [0.15, 0.2) is 18.2 Å². The fourth-order valence-electron chi connectivity index (χ4n) is 2.04. The standard InChI is InChI=1S/C11H13F2N/c1-6-8(5-10(6)14)7-3-2-4-9(12)11(7)13/h2-4,6,8,10H,5,14H2,1H3. The molecule has 14 heavy (non-hydrogen) atoms. The highest BCUT2D eigenvalue weighted by atomic mass is 19.2. The Morgan fingerprint density at radius 2 is 2.07 bits per heavy atom. The first-order valence-corrected chi connectivity index (χ1v) is 4.80. The summed E-state index contributed by atoms with van der Waals surface area (Å²) in [5.41, 5.74) is 6.19. The van der Waals surface area contributed by atoms with Gasteiger partial charge >= 0.3 is 0 Å². The van der Waals surface area contributed by atoms with Crippen molar-refractivity contribution in [3.8, 4) is 0 Å². The summed E-state index contributed by atoms with van der Waals surface area (Å²) in [6.45, 7) is 1.98. The Morgan fingerprint density at radius 3 is 2.64 bits per heavy atom. The SMILES string of the molecule is CC1C(N)CC1c1cccc(F)c1F. The summed E-state index contributed by atoms with van der Waals surface area (Å²) in [5.74, 6) is -1.15. The number of rotatable bonds is 1. The Morgan fingerprint density at radius 1 is 1.36 bits per heavy atom. The van der Waals surface area contributed by atoms with E-state index in [-0.39, 0.29) is 17.9 Å². The van der Waals surface area contributed by atoms with Crippen molar-refractivity contribution < 1.29 is 8.78 Å². The van der Waals surface area contributed by atoms with Crippen LogP contribution in [-0.4, -0.2) is 6.04 Å². The van der Waals surface area contributed by atoms with E-state index >= 15 is 0 Å². The van der Waals surface area contributed by atoms with Gasteiger partial charge in [-0.05, 0) is 29.9 Å². The van der Waals surface area contributed by atoms with E-state index in [0.29, 0.717) is 5.56 Å². The average Bonchev–Trinajstić information content (AvgIpc) is 2.19. The number of nitrogens with two attached hydrogens (primary N) is 1. The molecule has 1 aliphatic carbocycles. The van der Waals surface area contributed by atoms with Gasteiger partial charge in [0.2, 0.25) is 0 Å². The molecule has 1 aromatic carbocycles. The van der Waals surface area contributed by atoms with E-state index in [9.17, 15) is 8.78 Å². The molecule has 2 N–H and O–H groups in total. The molecule has 0 radical (unpaired) electrons. The number of halogens is 2. The van der Waals surface area contributed by atoms with Crippen molar-refractivity contribution in [3.05, 3.63) is 35.4 Å². The zero-order valence-corrected chi connectivity index (χ0v) is 8.00. The third-order valence-corrected chi connectivity index (χ3v) is 3.22. The van der Waals surface area contributed by atoms with Crippen molar-refractivity contribution in [1.29, 1.82) is 0 Å². The highest BCUT2D eigenvalue weighted by Gasteiger charge is 2.37. The molecular formula is C11H13F2N. The monoisotopic (exact) mass is 197 g/mol. The summed E-state index contributed by atoms with van der Waals surface area (Å²) in [7, 11) is 0. The van der Waals surface area contributed by atoms with Crippen LogP contribution < -0.4 is 5.73 Å². The van der Waals surface area contributed by atoms with Gasteiger partial charge in [-0.3, -0.25) is 0 Å². The van der Waals surface area contributed by atoms with Crippen LogP contribution in [0, 0.1) is 17.6 Å². The van der Waals surface area contributed by atoms with Gasteiger partial charge in [0, 0.05) is 6.04 Å². The maximum atomic E-state index is 13.4. The summed E-state index contributed by atoms with van der Waals surface area (Å²) in [4.78, 5) is 0. The van der Waals surface area contributed by atoms with E-state index in [1.807, 2.05) is 6.92 Å². The van der Waals surface area contributed by atoms with Crippen molar-refractivity contribution in [1.82, 2.24) is 0 Å². The molecular weight excluding hydrogens is 184 g/mol. The van der Waals surface area contributed by atoms with E-state index in [4.69, 9.17) is 5.73 Å². The molecule has 2 rings (SSSR count). The van der Waals surface area contributed by atoms with Gasteiger partial charge in [-0.2, -0.15) is 0 Å². The largest absolute Gasteiger partial charge is 0.327 e. The fourth-order valence-corrected chi connectivity index (χ4v) is 2.04. The quantitative estimate of drug-likeness (QED) is 0.735. The van der Waals surface area contributed by atoms with E-state index in [0.717, 1.165) is 12.5 Å². The lowest BCUT2D eigenvalue weighted by atomic mass is 9.67. The van der Waals surface area contributed by atoms with Gasteiger partial charge in [-0.1, -0.05) is 19.1 Å². The smallest absolute Gasteiger partial charge is 0.162 e. The van der Waals surface area contributed by atoms with Crippen LogP contribution in [0.2, 0.25) is 0 Å². The van der Waals surface area contributed by atoms with Crippen LogP contribution in [0.3, 0.4) is 0 Å². The van der Waals surface area contributed by atoms with E-state index in [2.05, 4.69) is 0 Å². The lowest BCUT2D eigenvalue weighted by molar-refractivity contribution is 0.220. The number of hydrogen-bond acceptors (Lipinski definition) is 1. The molecule has 0 saturated heterocycles. The predicted octanol–water partition coefficient (Wildman–Crippen LogP) is 2.42. The second-order valence-corrected chi connectivity index (χ2v) is 4.01. The van der Waals surface area contributed by atoms with Gasteiger partial charge in [0.1, 0.15) is 0 Å². The molecule has 1 aliphatic rings. The summed E-state index contributed by atoms with van der Waals surface area (Å²) < 4.78 is 26.3. The summed E-state index contributed by atoms with van der Waals surface area (Å²) in [5, 5.41) is 0. The molecule has 1 nitrogen and oxygen atoms in total. The van der Waals surface area contributed by atoms with Crippen molar-refractivity contribution in [2.24, 2.45) is 11.7 Å². The van der Waals surface area contributed by atoms with Crippen molar-refractivity contribution in [2.45, 2.75) is 25.3 Å². The van der Waals surface area contributed by atoms with Crippen molar-refractivity contribution >= 4 is 0 Å². The average molecular weight is 197 g/mol. The summed E-state index contributed by atoms with van der Waals surface area (Å²) >= 11 is 0. The van der Waals surface area contributed by atoms with Gasteiger partial charge in [0.15, 0.2) is 11.6 Å². The third kappa shape index (κ3) is 1.32. The molecule has 0 spiro atoms. The minimum Gasteiger partial charge on any atom is -0.327 e. The maximum Gasteiger partial charge on any atom is 0.162 e. The highest BCUT2D eigenvalue weighted by Crippen LogP contribution is 2.42. The van der Waals surface area contributed by atoms with Crippen LogP contribution >= 0.6 is 0 Å². The Labute approximate surface area is 81.9 Å². The van der Waals surface area contributed by atoms with E-state index in [1.54, 1.807) is 12.1 Å². The van der Waals surface area contributed by atoms with Crippen LogP contribution in [0.25, 0.3) is 0 Å². The van der Waals surface area contributed by atoms with Crippen LogP contribution in [0.1, 0.15) is 24.8 Å². The lowest BCUT2D eigenvalue weighted by Gasteiger charge is -2.40. The topological polar surface area (TPSA) is 26.0 Å². The molecule has 0 bridgehead atoms. The van der Waals surface area contributed by atoms with Gasteiger partial charge in [0.05, 0.1) is 0 Å². The van der Waals surface area contributed by atoms with Crippen LogP contribution in [0.4, 0.5) is 8.78 Å². The molecule has 76 valence electrons. The first-order chi connectivity index (χ1) is 6.61. The zero-order valence-electron chi connectivity index (χ0n) is 8.00. The Kier molecular flexibility index (Phi) is 2.27. The molecule has 1 fully saturated rings. The molecule has 0 heterocycles. The van der Waals surface area contributed by atoms with Crippen LogP contribution in [-0.2, 0) is 0 Å². The van der Waals surface area contributed by atoms with Gasteiger partial charge in [-0.25, -0.2) is 8.78 Å². The maximum absolute atomic E-state index is 13.4. The Bertz CT molecular complexity index is 351. The van der Waals surface area contributed by atoms with Gasteiger partial charge in [0.25, 0.3) is 0 Å². The van der Waals surface area contributed by atoms with Crippen molar-refractivity contribution in [3.63, 3.8) is 0 Å². The third-order valence-electron chi connectivity index (χ3n) is 3.22. The second-order valence-electron chi connectivity index (χ2n) is 4.01. The summed E-state index contributed by atoms with van der Waals surface area (Å²) in [6.07, 6.45) is 0.752. The first-order valence-electron chi connectivity index (χ1n) is 4.80. The molecule has 1 aromatic rings. The fraction of sp³-hybridized carbons (Fsp3) is 0.455. The molecule has 0 amide bonds. The molecule has 0 aromatic heterocycles. The van der Waals surface area contributed by atoms with Crippen LogP contribution in [0.5, 0.6) is 0 Å². The number of hydrogen-bond donors (Lipinski definition) is 1. The Balaban J connectivity index is 2.29. The zero-order chi connectivity index (χ0) is 10.3. The molecule has 1 saturated carbocycles. The molecule has 3 unspecified atom stereocenters.